The van der Waals surface area contributed by atoms with Gasteiger partial charge in [0.05, 0.1) is 40.9 Å². The molecule has 1 aromatic heterocycles. The van der Waals surface area contributed by atoms with Crippen LogP contribution in [0.2, 0.25) is 0 Å². The number of rotatable bonds is 5. The van der Waals surface area contributed by atoms with Gasteiger partial charge in [0.25, 0.3) is 11.8 Å². The number of carbonyl (C=O) groups excluding carboxylic acids is 2. The minimum absolute atomic E-state index is 0.0635. The molecule has 0 unspecified atom stereocenters. The number of nitrogens with zero attached hydrogens (tertiary/aromatic N) is 3. The zero-order chi connectivity index (χ0) is 28.6. The summed E-state index contributed by atoms with van der Waals surface area (Å²) in [6.45, 7) is 3.25. The van der Waals surface area contributed by atoms with Crippen molar-refractivity contribution in [2.24, 2.45) is 11.7 Å². The summed E-state index contributed by atoms with van der Waals surface area (Å²) in [6, 6.07) is 4.92. The van der Waals surface area contributed by atoms with Crippen LogP contribution in [0.25, 0.3) is 11.1 Å². The van der Waals surface area contributed by atoms with Crippen LogP contribution in [-0.4, -0.2) is 55.7 Å². The Morgan fingerprint density at radius 3 is 2.52 bits per heavy atom. The van der Waals surface area contributed by atoms with Gasteiger partial charge in [0.1, 0.15) is 29.9 Å². The molecule has 3 N–H and O–H groups in total. The molecule has 210 valence electrons. The highest BCUT2D eigenvalue weighted by molar-refractivity contribution is 6.06. The second-order valence-electron chi connectivity index (χ2n) is 10.0. The molecule has 40 heavy (non-hydrogen) atoms. The van der Waals surface area contributed by atoms with Crippen LogP contribution in [0.5, 0.6) is 0 Å². The van der Waals surface area contributed by atoms with E-state index in [9.17, 15) is 14.0 Å². The number of anilines is 3. The molecule has 0 spiro atoms. The number of morpholine rings is 1. The summed E-state index contributed by atoms with van der Waals surface area (Å²) in [5.41, 5.74) is 4.30. The van der Waals surface area contributed by atoms with Crippen LogP contribution in [-0.2, 0) is 9.53 Å². The van der Waals surface area contributed by atoms with E-state index in [1.807, 2.05) is 4.90 Å². The van der Waals surface area contributed by atoms with Crippen molar-refractivity contribution in [3.8, 4) is 11.1 Å². The molecule has 0 bridgehead atoms. The number of nitrogens with two attached hydrogens (primary N) is 1. The van der Waals surface area contributed by atoms with E-state index in [4.69, 9.17) is 10.5 Å². The number of amides is 2. The van der Waals surface area contributed by atoms with Crippen molar-refractivity contribution in [1.82, 2.24) is 4.98 Å². The molecule has 2 atom stereocenters. The van der Waals surface area contributed by atoms with Gasteiger partial charge < -0.3 is 25.6 Å². The standard InChI is InChI=1S/C28H27F4N5O3/c1-15-8-16(33)13-36(12-15)23-4-5-34-11-22(23)35-28(39)18-2-3-19(29)26(27(18)32)25-20(30)9-17(10-21(25)31)37-6-7-40-14-24(37)38/h2-5,9-11,15-16H,6-8,12-14,33H2,1H3,(H,35,39)/t15-,16+/m1/s1. The molecule has 3 aromatic rings. The van der Waals surface area contributed by atoms with Gasteiger partial charge in [-0.3, -0.25) is 14.6 Å². The topological polar surface area (TPSA) is 101 Å². The number of carbonyl (C=O) groups is 2. The fourth-order valence-electron chi connectivity index (χ4n) is 5.25. The average Bonchev–Trinajstić information content (AvgIpc) is 2.90. The molecule has 2 saturated heterocycles. The molecule has 3 heterocycles. The van der Waals surface area contributed by atoms with Gasteiger partial charge in [-0.2, -0.15) is 0 Å². The molecule has 0 saturated carbocycles. The second kappa shape index (κ2) is 11.2. The first-order valence-electron chi connectivity index (χ1n) is 12.8. The zero-order valence-corrected chi connectivity index (χ0v) is 21.6. The van der Waals surface area contributed by atoms with Crippen molar-refractivity contribution >= 4 is 28.9 Å². The zero-order valence-electron chi connectivity index (χ0n) is 21.6. The van der Waals surface area contributed by atoms with E-state index < -0.39 is 51.8 Å². The number of hydrogen-bond donors (Lipinski definition) is 2. The lowest BCUT2D eigenvalue weighted by molar-refractivity contribution is -0.125. The third-order valence-corrected chi connectivity index (χ3v) is 6.99. The van der Waals surface area contributed by atoms with Crippen molar-refractivity contribution in [2.75, 3.05) is 48.0 Å². The monoisotopic (exact) mass is 557 g/mol. The predicted octanol–water partition coefficient (Wildman–Crippen LogP) is 4.09. The van der Waals surface area contributed by atoms with E-state index >= 15 is 13.2 Å². The largest absolute Gasteiger partial charge is 0.370 e. The number of nitrogens with one attached hydrogen (secondary N) is 1. The molecule has 2 aromatic carbocycles. The summed E-state index contributed by atoms with van der Waals surface area (Å²) < 4.78 is 65.9. The SMILES string of the molecule is C[C@@H]1C[C@H](N)CN(c2ccncc2NC(=O)c2ccc(F)c(-c3c(F)cc(N4CCOCC4=O)cc3F)c2F)C1. The number of halogens is 4. The van der Waals surface area contributed by atoms with Crippen LogP contribution < -0.4 is 20.9 Å². The van der Waals surface area contributed by atoms with E-state index in [0.29, 0.717) is 24.7 Å². The molecule has 12 heteroatoms. The Kier molecular flexibility index (Phi) is 7.72. The lowest BCUT2D eigenvalue weighted by atomic mass is 9.96. The Hall–Kier alpha value is -4.03. The molecule has 0 radical (unpaired) electrons. The van der Waals surface area contributed by atoms with E-state index in [2.05, 4.69) is 17.2 Å². The highest BCUT2D eigenvalue weighted by Gasteiger charge is 2.29. The molecule has 2 amide bonds. The molecule has 2 fully saturated rings. The summed E-state index contributed by atoms with van der Waals surface area (Å²) in [5.74, 6) is -6.46. The number of hydrogen-bond acceptors (Lipinski definition) is 6. The number of aromatic nitrogens is 1. The van der Waals surface area contributed by atoms with Gasteiger partial charge in [-0.25, -0.2) is 17.6 Å². The Balaban J connectivity index is 1.47. The van der Waals surface area contributed by atoms with Crippen molar-refractivity contribution in [3.05, 3.63) is 71.6 Å². The lowest BCUT2D eigenvalue weighted by Gasteiger charge is -2.37. The average molecular weight is 558 g/mol. The first kappa shape index (κ1) is 27.5. The number of ether oxygens (including phenoxy) is 1. The number of pyridine rings is 1. The summed E-state index contributed by atoms with van der Waals surface area (Å²) in [5, 5.41) is 2.59. The van der Waals surface area contributed by atoms with Gasteiger partial charge in [0.15, 0.2) is 0 Å². The van der Waals surface area contributed by atoms with E-state index in [1.165, 1.54) is 6.20 Å². The fourth-order valence-corrected chi connectivity index (χ4v) is 5.25. The summed E-state index contributed by atoms with van der Waals surface area (Å²) in [7, 11) is 0. The van der Waals surface area contributed by atoms with Crippen molar-refractivity contribution < 1.29 is 31.9 Å². The first-order valence-corrected chi connectivity index (χ1v) is 12.8. The third kappa shape index (κ3) is 5.36. The molecule has 2 aliphatic rings. The summed E-state index contributed by atoms with van der Waals surface area (Å²) >= 11 is 0. The predicted molar refractivity (Wildman–Crippen MR) is 141 cm³/mol. The lowest BCUT2D eigenvalue weighted by Crippen LogP contribution is -2.46. The van der Waals surface area contributed by atoms with Crippen LogP contribution in [0.4, 0.5) is 34.6 Å². The Labute approximate surface area is 227 Å². The Morgan fingerprint density at radius 1 is 1.07 bits per heavy atom. The van der Waals surface area contributed by atoms with E-state index in [-0.39, 0.29) is 37.2 Å². The molecule has 8 nitrogen and oxygen atoms in total. The number of benzene rings is 2. The quantitative estimate of drug-likeness (QED) is 0.459. The molecule has 5 rings (SSSR count). The smallest absolute Gasteiger partial charge is 0.258 e. The van der Waals surface area contributed by atoms with Crippen LogP contribution >= 0.6 is 0 Å². The maximum Gasteiger partial charge on any atom is 0.258 e. The minimum atomic E-state index is -1.44. The fraction of sp³-hybridized carbons (Fsp3) is 0.321. The van der Waals surface area contributed by atoms with Gasteiger partial charge in [-0.15, -0.1) is 0 Å². The first-order chi connectivity index (χ1) is 19.1. The van der Waals surface area contributed by atoms with Crippen LogP contribution in [0.3, 0.4) is 0 Å². The summed E-state index contributed by atoms with van der Waals surface area (Å²) in [6.07, 6.45) is 3.79. The van der Waals surface area contributed by atoms with Gasteiger partial charge in [0.2, 0.25) is 0 Å². The van der Waals surface area contributed by atoms with E-state index in [1.54, 1.807) is 12.3 Å². The normalized spacial score (nSPS) is 19.6. The Morgan fingerprint density at radius 2 is 1.82 bits per heavy atom. The molecular weight excluding hydrogens is 530 g/mol. The molecular formula is C28H27F4N5O3. The van der Waals surface area contributed by atoms with Gasteiger partial charge >= 0.3 is 0 Å². The highest BCUT2D eigenvalue weighted by atomic mass is 19.1. The number of piperidine rings is 1. The van der Waals surface area contributed by atoms with Crippen LogP contribution in [0.15, 0.2) is 42.7 Å². The van der Waals surface area contributed by atoms with Crippen molar-refractivity contribution in [2.45, 2.75) is 19.4 Å². The molecule has 0 aliphatic carbocycles. The van der Waals surface area contributed by atoms with Crippen molar-refractivity contribution in [3.63, 3.8) is 0 Å². The highest BCUT2D eigenvalue weighted by Crippen LogP contribution is 2.36. The third-order valence-electron chi connectivity index (χ3n) is 6.99. The van der Waals surface area contributed by atoms with Gasteiger partial charge in [-0.05, 0) is 42.7 Å². The molecule has 2 aliphatic heterocycles. The Bertz CT molecular complexity index is 1440. The van der Waals surface area contributed by atoms with Crippen LogP contribution in [0, 0.1) is 29.2 Å². The maximum absolute atomic E-state index is 15.6. The minimum Gasteiger partial charge on any atom is -0.370 e. The van der Waals surface area contributed by atoms with Gasteiger partial charge in [0, 0.05) is 37.6 Å². The second-order valence-corrected chi connectivity index (χ2v) is 10.0. The summed E-state index contributed by atoms with van der Waals surface area (Å²) in [4.78, 5) is 32.4. The van der Waals surface area contributed by atoms with Crippen LogP contribution in [0.1, 0.15) is 23.7 Å². The van der Waals surface area contributed by atoms with Crippen molar-refractivity contribution in [1.29, 1.82) is 0 Å². The van der Waals surface area contributed by atoms with Gasteiger partial charge in [-0.1, -0.05) is 6.92 Å². The maximum atomic E-state index is 15.6. The van der Waals surface area contributed by atoms with E-state index in [0.717, 1.165) is 35.6 Å².